The quantitative estimate of drug-likeness (QED) is 0.626. The molecule has 60 valence electrons. The Bertz CT molecular complexity index is 325. The first kappa shape index (κ1) is 7.17. The molecule has 0 unspecified atom stereocenters. The van der Waals surface area contributed by atoms with Gasteiger partial charge in [0.2, 0.25) is 0 Å². The summed E-state index contributed by atoms with van der Waals surface area (Å²) in [5.41, 5.74) is 2.44. The predicted molar refractivity (Wildman–Crippen MR) is 47.8 cm³/mol. The first-order chi connectivity index (χ1) is 5.90. The van der Waals surface area contributed by atoms with Gasteiger partial charge in [0.15, 0.2) is 0 Å². The average molecular weight is 158 g/mol. The van der Waals surface area contributed by atoms with Crippen LogP contribution in [0.3, 0.4) is 0 Å². The zero-order valence-corrected chi connectivity index (χ0v) is 6.75. The van der Waals surface area contributed by atoms with Crippen LogP contribution in [0, 0.1) is 11.3 Å². The van der Waals surface area contributed by atoms with Crippen molar-refractivity contribution in [1.82, 2.24) is 0 Å². The Balaban J connectivity index is 2.30. The van der Waals surface area contributed by atoms with Crippen molar-refractivity contribution in [2.24, 2.45) is 0 Å². The Kier molecular flexibility index (Phi) is 1.71. The highest BCUT2D eigenvalue weighted by molar-refractivity contribution is 5.54. The van der Waals surface area contributed by atoms with Crippen LogP contribution >= 0.6 is 0 Å². The number of para-hydroxylation sites is 1. The Labute approximate surface area is 71.8 Å². The molecule has 2 nitrogen and oxygen atoms in total. The first-order valence-corrected chi connectivity index (χ1v) is 4.14. The summed E-state index contributed by atoms with van der Waals surface area (Å²) in [5.74, 6) is 0. The molecule has 0 radical (unpaired) electrons. The third kappa shape index (κ3) is 1.14. The SMILES string of the molecule is N#C[C@@H]1CCc2ccccc2N1. The van der Waals surface area contributed by atoms with Gasteiger partial charge in [-0.2, -0.15) is 5.26 Å². The minimum atomic E-state index is -0.0000926. The molecular weight excluding hydrogens is 148 g/mol. The molecule has 0 saturated carbocycles. The molecule has 0 aromatic heterocycles. The number of nitrogens with one attached hydrogen (secondary N) is 1. The topological polar surface area (TPSA) is 35.8 Å². The number of benzene rings is 1. The summed E-state index contributed by atoms with van der Waals surface area (Å²) in [7, 11) is 0. The number of rotatable bonds is 0. The third-order valence-corrected chi connectivity index (χ3v) is 2.21. The van der Waals surface area contributed by atoms with E-state index in [2.05, 4.69) is 17.5 Å². The van der Waals surface area contributed by atoms with Crippen LogP contribution in [-0.4, -0.2) is 6.04 Å². The van der Waals surface area contributed by atoms with E-state index in [4.69, 9.17) is 5.26 Å². The molecular formula is C10H10N2. The van der Waals surface area contributed by atoms with E-state index >= 15 is 0 Å². The Morgan fingerprint density at radius 2 is 2.25 bits per heavy atom. The largest absolute Gasteiger partial charge is 0.370 e. The van der Waals surface area contributed by atoms with Crippen LogP contribution in [-0.2, 0) is 6.42 Å². The van der Waals surface area contributed by atoms with Gasteiger partial charge >= 0.3 is 0 Å². The van der Waals surface area contributed by atoms with Crippen LogP contribution < -0.4 is 5.32 Å². The van der Waals surface area contributed by atoms with Crippen molar-refractivity contribution in [2.45, 2.75) is 18.9 Å². The van der Waals surface area contributed by atoms with E-state index in [1.807, 2.05) is 18.2 Å². The molecule has 0 amide bonds. The van der Waals surface area contributed by atoms with Gasteiger partial charge in [-0.15, -0.1) is 0 Å². The molecule has 1 aliphatic rings. The van der Waals surface area contributed by atoms with E-state index < -0.39 is 0 Å². The highest BCUT2D eigenvalue weighted by atomic mass is 14.9. The summed E-state index contributed by atoms with van der Waals surface area (Å²) in [6.07, 6.45) is 1.94. The number of fused-ring (bicyclic) bond motifs is 1. The minimum absolute atomic E-state index is 0.0000926. The maximum atomic E-state index is 8.70. The lowest BCUT2D eigenvalue weighted by Gasteiger charge is -2.21. The second-order valence-electron chi connectivity index (χ2n) is 3.02. The minimum Gasteiger partial charge on any atom is -0.370 e. The van der Waals surface area contributed by atoms with Crippen molar-refractivity contribution >= 4 is 5.69 Å². The lowest BCUT2D eigenvalue weighted by Crippen LogP contribution is -2.23. The van der Waals surface area contributed by atoms with Gasteiger partial charge in [-0.25, -0.2) is 0 Å². The third-order valence-electron chi connectivity index (χ3n) is 2.21. The Morgan fingerprint density at radius 3 is 3.08 bits per heavy atom. The summed E-state index contributed by atoms with van der Waals surface area (Å²) in [6.45, 7) is 0. The van der Waals surface area contributed by atoms with E-state index in [9.17, 15) is 0 Å². The summed E-state index contributed by atoms with van der Waals surface area (Å²) in [6, 6.07) is 10.4. The molecule has 1 aromatic rings. The standard InChI is InChI=1S/C10H10N2/c11-7-9-6-5-8-3-1-2-4-10(8)12-9/h1-4,9,12H,5-6H2/t9-/m0/s1. The van der Waals surface area contributed by atoms with Gasteiger partial charge in [0.1, 0.15) is 6.04 Å². The Morgan fingerprint density at radius 1 is 1.42 bits per heavy atom. The van der Waals surface area contributed by atoms with Crippen LogP contribution in [0.1, 0.15) is 12.0 Å². The monoisotopic (exact) mass is 158 g/mol. The van der Waals surface area contributed by atoms with Crippen molar-refractivity contribution in [2.75, 3.05) is 5.32 Å². The van der Waals surface area contributed by atoms with Crippen LogP contribution in [0.2, 0.25) is 0 Å². The number of hydrogen-bond donors (Lipinski definition) is 1. The maximum Gasteiger partial charge on any atom is 0.114 e. The number of nitrogens with zero attached hydrogens (tertiary/aromatic N) is 1. The fraction of sp³-hybridized carbons (Fsp3) is 0.300. The van der Waals surface area contributed by atoms with Crippen molar-refractivity contribution in [3.63, 3.8) is 0 Å². The normalized spacial score (nSPS) is 20.4. The molecule has 0 aliphatic carbocycles. The molecule has 0 fully saturated rings. The number of hydrogen-bond acceptors (Lipinski definition) is 2. The smallest absolute Gasteiger partial charge is 0.114 e. The molecule has 2 rings (SSSR count). The van der Waals surface area contributed by atoms with Gasteiger partial charge in [0.25, 0.3) is 0 Å². The number of anilines is 1. The fourth-order valence-corrected chi connectivity index (χ4v) is 1.54. The highest BCUT2D eigenvalue weighted by Gasteiger charge is 2.15. The molecule has 1 N–H and O–H groups in total. The van der Waals surface area contributed by atoms with Crippen molar-refractivity contribution in [3.05, 3.63) is 29.8 Å². The van der Waals surface area contributed by atoms with Gasteiger partial charge in [-0.1, -0.05) is 18.2 Å². The Hall–Kier alpha value is -1.49. The average Bonchev–Trinajstić information content (AvgIpc) is 2.17. The summed E-state index contributed by atoms with van der Waals surface area (Å²) in [5, 5.41) is 11.9. The second kappa shape index (κ2) is 2.86. The molecule has 1 heterocycles. The van der Waals surface area contributed by atoms with Crippen LogP contribution in [0.15, 0.2) is 24.3 Å². The molecule has 1 aromatic carbocycles. The van der Waals surface area contributed by atoms with Crippen LogP contribution in [0.4, 0.5) is 5.69 Å². The molecule has 1 atom stereocenters. The van der Waals surface area contributed by atoms with Gasteiger partial charge in [-0.3, -0.25) is 0 Å². The van der Waals surface area contributed by atoms with E-state index in [0.717, 1.165) is 18.5 Å². The first-order valence-electron chi connectivity index (χ1n) is 4.14. The number of nitriles is 1. The van der Waals surface area contributed by atoms with E-state index in [-0.39, 0.29) is 6.04 Å². The molecule has 0 spiro atoms. The van der Waals surface area contributed by atoms with Crippen molar-refractivity contribution < 1.29 is 0 Å². The lowest BCUT2D eigenvalue weighted by molar-refractivity contribution is 0.740. The zero-order valence-electron chi connectivity index (χ0n) is 6.75. The van der Waals surface area contributed by atoms with Crippen molar-refractivity contribution in [1.29, 1.82) is 5.26 Å². The van der Waals surface area contributed by atoms with E-state index in [1.54, 1.807) is 0 Å². The lowest BCUT2D eigenvalue weighted by atomic mass is 9.99. The van der Waals surface area contributed by atoms with E-state index in [0.29, 0.717) is 0 Å². The van der Waals surface area contributed by atoms with Crippen molar-refractivity contribution in [3.8, 4) is 6.07 Å². The van der Waals surface area contributed by atoms with Gasteiger partial charge in [-0.05, 0) is 24.5 Å². The second-order valence-corrected chi connectivity index (χ2v) is 3.02. The number of aryl methyl sites for hydroxylation is 1. The van der Waals surface area contributed by atoms with Gasteiger partial charge in [0, 0.05) is 5.69 Å². The van der Waals surface area contributed by atoms with E-state index in [1.165, 1.54) is 5.56 Å². The molecule has 2 heteroatoms. The molecule has 1 aliphatic heterocycles. The van der Waals surface area contributed by atoms with Crippen LogP contribution in [0.25, 0.3) is 0 Å². The summed E-state index contributed by atoms with van der Waals surface area (Å²) < 4.78 is 0. The predicted octanol–water partition coefficient (Wildman–Crippen LogP) is 1.94. The maximum absolute atomic E-state index is 8.70. The molecule has 12 heavy (non-hydrogen) atoms. The molecule has 0 bridgehead atoms. The van der Waals surface area contributed by atoms with Gasteiger partial charge < -0.3 is 5.32 Å². The van der Waals surface area contributed by atoms with Crippen LogP contribution in [0.5, 0.6) is 0 Å². The fourth-order valence-electron chi connectivity index (χ4n) is 1.54. The summed E-state index contributed by atoms with van der Waals surface area (Å²) >= 11 is 0. The summed E-state index contributed by atoms with van der Waals surface area (Å²) in [4.78, 5) is 0. The highest BCUT2D eigenvalue weighted by Crippen LogP contribution is 2.23. The molecule has 0 saturated heterocycles. The zero-order chi connectivity index (χ0) is 8.39. The van der Waals surface area contributed by atoms with Gasteiger partial charge in [0.05, 0.1) is 6.07 Å².